The monoisotopic (exact) mass is 229 g/mol. The summed E-state index contributed by atoms with van der Waals surface area (Å²) in [5.74, 6) is -0.486. The molecular formula is C11H19NO4. The van der Waals surface area contributed by atoms with Gasteiger partial charge < -0.3 is 14.8 Å². The lowest BCUT2D eigenvalue weighted by Crippen LogP contribution is -2.41. The summed E-state index contributed by atoms with van der Waals surface area (Å²) < 4.78 is 9.53. The summed E-state index contributed by atoms with van der Waals surface area (Å²) in [6, 6.07) is 0. The van der Waals surface area contributed by atoms with Gasteiger partial charge in [0.15, 0.2) is 0 Å². The normalized spacial score (nSPS) is 10.5. The van der Waals surface area contributed by atoms with Crippen molar-refractivity contribution in [3.63, 3.8) is 0 Å². The Balaban J connectivity index is 3.64. The molecule has 0 aliphatic carbocycles. The zero-order valence-corrected chi connectivity index (χ0v) is 10.3. The fourth-order valence-electron chi connectivity index (χ4n) is 0.734. The van der Waals surface area contributed by atoms with Gasteiger partial charge in [-0.15, -0.1) is 0 Å². The van der Waals surface area contributed by atoms with E-state index in [9.17, 15) is 9.59 Å². The third kappa shape index (κ3) is 7.84. The van der Waals surface area contributed by atoms with Gasteiger partial charge in [-0.3, -0.25) is 0 Å². The Hall–Kier alpha value is -1.52. The van der Waals surface area contributed by atoms with E-state index in [2.05, 4.69) is 11.9 Å². The molecule has 0 aromatic rings. The van der Waals surface area contributed by atoms with Crippen molar-refractivity contribution in [3.8, 4) is 0 Å². The minimum Gasteiger partial charge on any atom is -0.459 e. The maximum Gasteiger partial charge on any atom is 0.407 e. The number of hydrogen-bond acceptors (Lipinski definition) is 4. The number of rotatable bonds is 4. The molecule has 0 bridgehead atoms. The number of esters is 1. The van der Waals surface area contributed by atoms with Crippen LogP contribution in [-0.2, 0) is 14.3 Å². The average Bonchev–Trinajstić information content (AvgIpc) is 2.08. The molecule has 5 heteroatoms. The first-order valence-corrected chi connectivity index (χ1v) is 5.00. The van der Waals surface area contributed by atoms with Crippen LogP contribution in [-0.4, -0.2) is 30.8 Å². The Bertz CT molecular complexity index is 278. The molecule has 0 unspecified atom stereocenters. The summed E-state index contributed by atoms with van der Waals surface area (Å²) in [5.41, 5.74) is -0.0232. The van der Waals surface area contributed by atoms with Crippen molar-refractivity contribution in [3.05, 3.63) is 12.2 Å². The molecule has 0 radical (unpaired) electrons. The molecule has 0 spiro atoms. The molecule has 0 rings (SSSR count). The second-order valence-corrected chi connectivity index (χ2v) is 4.43. The number of amides is 1. The van der Waals surface area contributed by atoms with E-state index >= 15 is 0 Å². The SMILES string of the molecule is C=C(C)C(=O)OCCOC(=O)NC(C)(C)C. The molecule has 92 valence electrons. The van der Waals surface area contributed by atoms with Gasteiger partial charge in [-0.25, -0.2) is 9.59 Å². The quantitative estimate of drug-likeness (QED) is 0.452. The van der Waals surface area contributed by atoms with Gasteiger partial charge in [0.2, 0.25) is 0 Å². The Labute approximate surface area is 95.8 Å². The minimum atomic E-state index is -0.529. The van der Waals surface area contributed by atoms with E-state index in [1.807, 2.05) is 20.8 Å². The van der Waals surface area contributed by atoms with E-state index in [-0.39, 0.29) is 18.8 Å². The number of carbonyl (C=O) groups excluding carboxylic acids is 2. The third-order valence-corrected chi connectivity index (χ3v) is 1.38. The fraction of sp³-hybridized carbons (Fsp3) is 0.636. The van der Waals surface area contributed by atoms with Crippen molar-refractivity contribution in [2.24, 2.45) is 0 Å². The smallest absolute Gasteiger partial charge is 0.407 e. The minimum absolute atomic E-state index is 0.0287. The molecule has 0 atom stereocenters. The lowest BCUT2D eigenvalue weighted by molar-refractivity contribution is -0.139. The lowest BCUT2D eigenvalue weighted by Gasteiger charge is -2.19. The Morgan fingerprint density at radius 2 is 1.69 bits per heavy atom. The van der Waals surface area contributed by atoms with Gasteiger partial charge in [-0.05, 0) is 27.7 Å². The molecule has 0 aromatic heterocycles. The Morgan fingerprint density at radius 1 is 1.19 bits per heavy atom. The van der Waals surface area contributed by atoms with Crippen LogP contribution >= 0.6 is 0 Å². The van der Waals surface area contributed by atoms with Crippen LogP contribution in [0, 0.1) is 0 Å². The lowest BCUT2D eigenvalue weighted by atomic mass is 10.1. The van der Waals surface area contributed by atoms with Crippen LogP contribution in [0.1, 0.15) is 27.7 Å². The first kappa shape index (κ1) is 14.5. The Kier molecular flexibility index (Phi) is 5.56. The zero-order chi connectivity index (χ0) is 12.8. The van der Waals surface area contributed by atoms with Gasteiger partial charge in [-0.1, -0.05) is 6.58 Å². The van der Waals surface area contributed by atoms with Crippen molar-refractivity contribution in [1.29, 1.82) is 0 Å². The van der Waals surface area contributed by atoms with E-state index in [0.717, 1.165) is 0 Å². The van der Waals surface area contributed by atoms with Crippen molar-refractivity contribution in [2.75, 3.05) is 13.2 Å². The predicted octanol–water partition coefficient (Wildman–Crippen LogP) is 1.63. The summed E-state index contributed by atoms with van der Waals surface area (Å²) >= 11 is 0. The van der Waals surface area contributed by atoms with Gasteiger partial charge in [0, 0.05) is 11.1 Å². The number of hydrogen-bond donors (Lipinski definition) is 1. The van der Waals surface area contributed by atoms with E-state index < -0.39 is 12.1 Å². The summed E-state index contributed by atoms with van der Waals surface area (Å²) in [4.78, 5) is 22.1. The molecule has 0 heterocycles. The highest BCUT2D eigenvalue weighted by Gasteiger charge is 2.14. The summed E-state index contributed by atoms with van der Waals surface area (Å²) in [6.07, 6.45) is -0.529. The van der Waals surface area contributed by atoms with Gasteiger partial charge >= 0.3 is 12.1 Å². The van der Waals surface area contributed by atoms with Crippen LogP contribution in [0.3, 0.4) is 0 Å². The molecule has 1 N–H and O–H groups in total. The number of nitrogens with one attached hydrogen (secondary N) is 1. The molecule has 0 saturated heterocycles. The van der Waals surface area contributed by atoms with Crippen LogP contribution in [0.15, 0.2) is 12.2 Å². The molecule has 16 heavy (non-hydrogen) atoms. The van der Waals surface area contributed by atoms with Gasteiger partial charge in [0.05, 0.1) is 0 Å². The van der Waals surface area contributed by atoms with Crippen LogP contribution in [0.2, 0.25) is 0 Å². The first-order valence-electron chi connectivity index (χ1n) is 5.00. The molecule has 0 aliphatic heterocycles. The molecule has 1 amide bonds. The molecular weight excluding hydrogens is 210 g/mol. The van der Waals surface area contributed by atoms with Crippen molar-refractivity contribution >= 4 is 12.1 Å². The van der Waals surface area contributed by atoms with E-state index in [1.165, 1.54) is 0 Å². The summed E-state index contributed by atoms with van der Waals surface area (Å²) in [7, 11) is 0. The molecule has 0 aliphatic rings. The molecule has 0 fully saturated rings. The van der Waals surface area contributed by atoms with Crippen molar-refractivity contribution in [1.82, 2.24) is 5.32 Å². The second-order valence-electron chi connectivity index (χ2n) is 4.43. The standard InChI is InChI=1S/C11H19NO4/c1-8(2)9(13)15-6-7-16-10(14)12-11(3,4)5/h1,6-7H2,2-5H3,(H,12,14). The van der Waals surface area contributed by atoms with Crippen molar-refractivity contribution in [2.45, 2.75) is 33.2 Å². The maximum atomic E-state index is 11.1. The summed E-state index contributed by atoms with van der Waals surface area (Å²) in [6.45, 7) is 10.6. The number of alkyl carbamates (subject to hydrolysis) is 1. The van der Waals surface area contributed by atoms with Crippen LogP contribution in [0.4, 0.5) is 4.79 Å². The highest BCUT2D eigenvalue weighted by Crippen LogP contribution is 1.99. The topological polar surface area (TPSA) is 64.6 Å². The van der Waals surface area contributed by atoms with Gasteiger partial charge in [-0.2, -0.15) is 0 Å². The van der Waals surface area contributed by atoms with E-state index in [0.29, 0.717) is 5.57 Å². The van der Waals surface area contributed by atoms with Crippen molar-refractivity contribution < 1.29 is 19.1 Å². The highest BCUT2D eigenvalue weighted by atomic mass is 16.6. The third-order valence-electron chi connectivity index (χ3n) is 1.38. The van der Waals surface area contributed by atoms with Crippen LogP contribution < -0.4 is 5.32 Å². The fourth-order valence-corrected chi connectivity index (χ4v) is 0.734. The van der Waals surface area contributed by atoms with Gasteiger partial charge in [0.1, 0.15) is 13.2 Å². The second kappa shape index (κ2) is 6.15. The maximum absolute atomic E-state index is 11.1. The van der Waals surface area contributed by atoms with E-state index in [4.69, 9.17) is 9.47 Å². The average molecular weight is 229 g/mol. The molecule has 0 aromatic carbocycles. The van der Waals surface area contributed by atoms with Gasteiger partial charge in [0.25, 0.3) is 0 Å². The van der Waals surface area contributed by atoms with Crippen LogP contribution in [0.5, 0.6) is 0 Å². The van der Waals surface area contributed by atoms with Crippen LogP contribution in [0.25, 0.3) is 0 Å². The Morgan fingerprint density at radius 3 is 2.12 bits per heavy atom. The highest BCUT2D eigenvalue weighted by molar-refractivity contribution is 5.86. The molecule has 5 nitrogen and oxygen atoms in total. The first-order chi connectivity index (χ1) is 7.22. The zero-order valence-electron chi connectivity index (χ0n) is 10.3. The number of ether oxygens (including phenoxy) is 2. The van der Waals surface area contributed by atoms with E-state index in [1.54, 1.807) is 6.92 Å². The molecule has 0 saturated carbocycles. The largest absolute Gasteiger partial charge is 0.459 e. The predicted molar refractivity (Wildman–Crippen MR) is 60.0 cm³/mol. The number of carbonyl (C=O) groups is 2. The summed E-state index contributed by atoms with van der Waals surface area (Å²) in [5, 5.41) is 2.61.